The summed E-state index contributed by atoms with van der Waals surface area (Å²) in [6, 6.07) is 5.85. The van der Waals surface area contributed by atoms with E-state index in [1.54, 1.807) is 6.07 Å². The average Bonchev–Trinajstić information content (AvgIpc) is 3.44. The van der Waals surface area contributed by atoms with Gasteiger partial charge in [-0.05, 0) is 60.3 Å². The molecule has 0 unspecified atom stereocenters. The highest BCUT2D eigenvalue weighted by Crippen LogP contribution is 2.42. The van der Waals surface area contributed by atoms with Gasteiger partial charge in [0, 0.05) is 37.8 Å². The van der Waals surface area contributed by atoms with E-state index in [4.69, 9.17) is 19.2 Å². The number of alkyl halides is 1. The van der Waals surface area contributed by atoms with E-state index >= 15 is 4.39 Å². The normalized spacial score (nSPS) is 24.4. The number of rotatable bonds is 6. The molecule has 0 aliphatic carbocycles. The molecule has 2 atom stereocenters. The van der Waals surface area contributed by atoms with Crippen LogP contribution in [0.3, 0.4) is 0 Å². The van der Waals surface area contributed by atoms with Crippen molar-refractivity contribution in [1.29, 1.82) is 0 Å². The predicted molar refractivity (Wildman–Crippen MR) is 166 cm³/mol. The number of benzene rings is 2. The summed E-state index contributed by atoms with van der Waals surface area (Å²) in [6.07, 6.45) is 3.12. The van der Waals surface area contributed by atoms with E-state index in [9.17, 15) is 13.9 Å². The fraction of sp³-hybridized carbons (Fsp3) is 0.500. The number of anilines is 1. The zero-order chi connectivity index (χ0) is 31.6. The number of hydrogen-bond donors (Lipinski definition) is 1. The van der Waals surface area contributed by atoms with Crippen LogP contribution in [0.2, 0.25) is 0 Å². The summed E-state index contributed by atoms with van der Waals surface area (Å²) in [5.74, 6) is -0.775. The Balaban J connectivity index is 1.27. The fourth-order valence-electron chi connectivity index (χ4n) is 7.93. The van der Waals surface area contributed by atoms with Crippen LogP contribution in [0.5, 0.6) is 11.8 Å². The molecule has 1 spiro atoms. The molecule has 9 nitrogen and oxygen atoms in total. The van der Waals surface area contributed by atoms with Crippen LogP contribution in [0.25, 0.3) is 32.9 Å². The van der Waals surface area contributed by atoms with Gasteiger partial charge >= 0.3 is 6.01 Å². The number of ether oxygens (including phenoxy) is 3. The molecule has 4 aliphatic heterocycles. The summed E-state index contributed by atoms with van der Waals surface area (Å²) in [4.78, 5) is 18.1. The van der Waals surface area contributed by atoms with Crippen molar-refractivity contribution in [1.82, 2.24) is 19.9 Å². The van der Waals surface area contributed by atoms with Crippen molar-refractivity contribution in [2.24, 2.45) is 5.41 Å². The number of pyridine rings is 1. The molecule has 4 aromatic rings. The van der Waals surface area contributed by atoms with E-state index in [2.05, 4.69) is 19.8 Å². The molecule has 0 saturated carbocycles. The Labute approximate surface area is 264 Å². The molecule has 0 amide bonds. The van der Waals surface area contributed by atoms with Crippen molar-refractivity contribution >= 4 is 27.5 Å². The van der Waals surface area contributed by atoms with Gasteiger partial charge in [-0.3, -0.25) is 9.88 Å². The lowest BCUT2D eigenvalue weighted by atomic mass is 9.86. The van der Waals surface area contributed by atoms with Gasteiger partial charge in [-0.1, -0.05) is 13.0 Å². The number of aromatic nitrogens is 3. The van der Waals surface area contributed by atoms with Crippen LogP contribution in [0, 0.1) is 17.0 Å². The quantitative estimate of drug-likeness (QED) is 0.307. The van der Waals surface area contributed by atoms with Crippen LogP contribution in [-0.4, -0.2) is 95.9 Å². The topological polar surface area (TPSA) is 93.1 Å². The summed E-state index contributed by atoms with van der Waals surface area (Å²) in [6.45, 7) is 6.41. The fourth-order valence-corrected chi connectivity index (χ4v) is 7.93. The molecule has 4 aliphatic rings. The monoisotopic (exact) mass is 635 g/mol. The number of phenolic OH excluding ortho intramolecular Hbond substituents is 1. The van der Waals surface area contributed by atoms with Gasteiger partial charge in [0.25, 0.3) is 0 Å². The third-order valence-electron chi connectivity index (χ3n) is 10.2. The molecule has 4 saturated heterocycles. The first kappa shape index (κ1) is 29.6. The van der Waals surface area contributed by atoms with E-state index in [0.29, 0.717) is 86.4 Å². The minimum atomic E-state index is -0.920. The number of fused-ring (bicyclic) bond motifs is 3. The van der Waals surface area contributed by atoms with Gasteiger partial charge in [0.2, 0.25) is 0 Å². The Morgan fingerprint density at radius 1 is 1.11 bits per heavy atom. The van der Waals surface area contributed by atoms with Crippen LogP contribution in [0.15, 0.2) is 30.5 Å². The first-order chi connectivity index (χ1) is 22.3. The highest BCUT2D eigenvalue weighted by molar-refractivity contribution is 6.01. The molecule has 2 aromatic heterocycles. The molecule has 2 aromatic carbocycles. The molecule has 242 valence electrons. The van der Waals surface area contributed by atoms with E-state index in [0.717, 1.165) is 19.4 Å². The van der Waals surface area contributed by atoms with E-state index in [1.165, 1.54) is 24.4 Å². The summed E-state index contributed by atoms with van der Waals surface area (Å²) < 4.78 is 64.1. The van der Waals surface area contributed by atoms with Gasteiger partial charge < -0.3 is 24.2 Å². The van der Waals surface area contributed by atoms with Crippen molar-refractivity contribution in [2.75, 3.05) is 64.1 Å². The van der Waals surface area contributed by atoms with Gasteiger partial charge in [-0.2, -0.15) is 9.97 Å². The SMILES string of the molecule is CCc1c(F)ccc2cc(O)cc(-c3ncc4c(N5CCOCC6(COC6)C5)nc(OC[C@]56CCCN5C[C@H](F)C6)nc4c3F)c12. The minimum Gasteiger partial charge on any atom is -0.508 e. The second-order valence-electron chi connectivity index (χ2n) is 13.3. The Kier molecular flexibility index (Phi) is 7.22. The Morgan fingerprint density at radius 2 is 1.96 bits per heavy atom. The van der Waals surface area contributed by atoms with Crippen LogP contribution in [0.4, 0.5) is 19.0 Å². The Bertz CT molecular complexity index is 1840. The second-order valence-corrected chi connectivity index (χ2v) is 13.3. The van der Waals surface area contributed by atoms with Crippen LogP contribution in [0.1, 0.15) is 31.7 Å². The second kappa shape index (κ2) is 11.2. The molecule has 0 radical (unpaired) electrons. The molecular weight excluding hydrogens is 599 g/mol. The molecule has 4 fully saturated rings. The van der Waals surface area contributed by atoms with Crippen LogP contribution < -0.4 is 9.64 Å². The third kappa shape index (κ3) is 4.84. The largest absolute Gasteiger partial charge is 0.508 e. The molecule has 46 heavy (non-hydrogen) atoms. The van der Waals surface area contributed by atoms with Crippen molar-refractivity contribution in [3.05, 3.63) is 47.7 Å². The maximum atomic E-state index is 16.9. The summed E-state index contributed by atoms with van der Waals surface area (Å²) >= 11 is 0. The zero-order valence-corrected chi connectivity index (χ0v) is 25.7. The smallest absolute Gasteiger partial charge is 0.319 e. The molecular formula is C34H36F3N5O4. The van der Waals surface area contributed by atoms with E-state index < -0.39 is 23.3 Å². The predicted octanol–water partition coefficient (Wildman–Crippen LogP) is 5.20. The van der Waals surface area contributed by atoms with Crippen LogP contribution in [-0.2, 0) is 15.9 Å². The van der Waals surface area contributed by atoms with Gasteiger partial charge in [0.1, 0.15) is 41.4 Å². The van der Waals surface area contributed by atoms with Gasteiger partial charge in [0.05, 0.1) is 42.8 Å². The first-order valence-electron chi connectivity index (χ1n) is 16.0. The van der Waals surface area contributed by atoms with Gasteiger partial charge in [-0.15, -0.1) is 0 Å². The minimum absolute atomic E-state index is 0.00409. The molecule has 1 N–H and O–H groups in total. The molecule has 6 heterocycles. The lowest BCUT2D eigenvalue weighted by molar-refractivity contribution is -0.135. The first-order valence-corrected chi connectivity index (χ1v) is 16.0. The lowest BCUT2D eigenvalue weighted by Crippen LogP contribution is -2.52. The molecule has 0 bridgehead atoms. The number of aryl methyl sites for hydroxylation is 1. The summed E-state index contributed by atoms with van der Waals surface area (Å²) in [5.41, 5.74) is -0.0421. The summed E-state index contributed by atoms with van der Waals surface area (Å²) in [5, 5.41) is 12.0. The standard InChI is InChI=1S/C34H36F3N5O4/c1-2-23-26(36)5-4-20-10-22(43)11-24(27(20)23)29-28(37)30-25(13-38-29)31(41-8-9-44-16-33(15-41)17-45-18-33)40-32(39-30)46-19-34-6-3-7-42(34)14-21(35)12-34/h4-5,10-11,13,21,43H,2-3,6-9,12,14-19H2,1H3/t21-,34-/m1/s1. The number of phenols is 1. The number of aromatic hydroxyl groups is 1. The highest BCUT2D eigenvalue weighted by atomic mass is 19.1. The van der Waals surface area contributed by atoms with Crippen LogP contribution >= 0.6 is 0 Å². The Morgan fingerprint density at radius 3 is 2.76 bits per heavy atom. The van der Waals surface area contributed by atoms with E-state index in [1.807, 2.05) is 6.92 Å². The number of nitrogens with zero attached hydrogens (tertiary/aromatic N) is 5. The zero-order valence-electron chi connectivity index (χ0n) is 25.7. The van der Waals surface area contributed by atoms with Crippen molar-refractivity contribution in [3.63, 3.8) is 0 Å². The Hall–Kier alpha value is -3.74. The number of halogens is 3. The van der Waals surface area contributed by atoms with Crippen molar-refractivity contribution in [3.8, 4) is 23.0 Å². The van der Waals surface area contributed by atoms with Crippen molar-refractivity contribution < 1.29 is 32.5 Å². The van der Waals surface area contributed by atoms with Gasteiger partial charge in [0.15, 0.2) is 5.82 Å². The summed E-state index contributed by atoms with van der Waals surface area (Å²) in [7, 11) is 0. The van der Waals surface area contributed by atoms with E-state index in [-0.39, 0.29) is 40.6 Å². The maximum Gasteiger partial charge on any atom is 0.319 e. The third-order valence-corrected chi connectivity index (χ3v) is 10.2. The lowest BCUT2D eigenvalue weighted by Gasteiger charge is -2.42. The van der Waals surface area contributed by atoms with Gasteiger partial charge in [-0.25, -0.2) is 13.2 Å². The highest BCUT2D eigenvalue weighted by Gasteiger charge is 2.49. The molecule has 12 heteroatoms. The number of hydrogen-bond acceptors (Lipinski definition) is 9. The van der Waals surface area contributed by atoms with Crippen molar-refractivity contribution in [2.45, 2.75) is 44.3 Å². The average molecular weight is 636 g/mol. The molecule has 8 rings (SSSR count). The maximum absolute atomic E-state index is 16.9.